The molecule has 1 heterocycles. The number of piperazine rings is 1. The fraction of sp³-hybridized carbons (Fsp3) is 0.647. The van der Waals surface area contributed by atoms with E-state index < -0.39 is 0 Å². The molecule has 21 heavy (non-hydrogen) atoms. The van der Waals surface area contributed by atoms with Gasteiger partial charge in [-0.3, -0.25) is 4.90 Å². The van der Waals surface area contributed by atoms with Gasteiger partial charge >= 0.3 is 0 Å². The number of hydrogen-bond acceptors (Lipinski definition) is 4. The molecule has 1 aromatic rings. The highest BCUT2D eigenvalue weighted by molar-refractivity contribution is 5.27. The van der Waals surface area contributed by atoms with Crippen LogP contribution >= 0.6 is 0 Å². The van der Waals surface area contributed by atoms with E-state index in [1.807, 2.05) is 12.1 Å². The Kier molecular flexibility index (Phi) is 6.03. The summed E-state index contributed by atoms with van der Waals surface area (Å²) in [6.45, 7) is 3.47. The first-order valence-corrected chi connectivity index (χ1v) is 7.83. The zero-order valence-corrected chi connectivity index (χ0v) is 13.8. The average Bonchev–Trinajstić information content (AvgIpc) is 2.51. The van der Waals surface area contributed by atoms with Crippen LogP contribution in [0.1, 0.15) is 12.0 Å². The second-order valence-electron chi connectivity index (χ2n) is 6.09. The van der Waals surface area contributed by atoms with Crippen molar-refractivity contribution in [3.8, 4) is 5.75 Å². The van der Waals surface area contributed by atoms with Crippen molar-refractivity contribution in [1.29, 1.82) is 0 Å². The van der Waals surface area contributed by atoms with Gasteiger partial charge in [0.15, 0.2) is 0 Å². The van der Waals surface area contributed by atoms with Gasteiger partial charge in [0, 0.05) is 31.7 Å². The molecule has 0 amide bonds. The molecule has 1 fully saturated rings. The van der Waals surface area contributed by atoms with E-state index in [1.54, 1.807) is 7.11 Å². The Labute approximate surface area is 129 Å². The maximum Gasteiger partial charge on any atom is 0.118 e. The van der Waals surface area contributed by atoms with Gasteiger partial charge in [-0.05, 0) is 51.7 Å². The molecule has 1 aliphatic rings. The van der Waals surface area contributed by atoms with Gasteiger partial charge in [0.1, 0.15) is 5.75 Å². The first-order valence-electron chi connectivity index (χ1n) is 7.83. The van der Waals surface area contributed by atoms with Gasteiger partial charge in [-0.15, -0.1) is 0 Å². The van der Waals surface area contributed by atoms with Gasteiger partial charge in [-0.25, -0.2) is 0 Å². The third-order valence-electron chi connectivity index (χ3n) is 4.64. The monoisotopic (exact) mass is 291 g/mol. The number of benzene rings is 1. The van der Waals surface area contributed by atoms with E-state index in [0.717, 1.165) is 31.7 Å². The summed E-state index contributed by atoms with van der Waals surface area (Å²) in [5, 5.41) is 3.52. The number of ether oxygens (including phenoxy) is 1. The van der Waals surface area contributed by atoms with Gasteiger partial charge in [0.05, 0.1) is 7.11 Å². The number of nitrogens with zero attached hydrogens (tertiary/aromatic N) is 2. The molecule has 0 aromatic heterocycles. The number of aryl methyl sites for hydroxylation is 1. The summed E-state index contributed by atoms with van der Waals surface area (Å²) in [7, 11) is 8.26. The van der Waals surface area contributed by atoms with Crippen LogP contribution in [-0.4, -0.2) is 69.8 Å². The lowest BCUT2D eigenvalue weighted by Gasteiger charge is -2.42. The normalized spacial score (nSPS) is 22.2. The van der Waals surface area contributed by atoms with Gasteiger partial charge in [-0.2, -0.15) is 0 Å². The summed E-state index contributed by atoms with van der Waals surface area (Å²) in [6.07, 6.45) is 2.26. The molecule has 4 heteroatoms. The highest BCUT2D eigenvalue weighted by Crippen LogP contribution is 2.17. The minimum atomic E-state index is 0.528. The molecule has 2 unspecified atom stereocenters. The van der Waals surface area contributed by atoms with Crippen molar-refractivity contribution >= 4 is 0 Å². The zero-order chi connectivity index (χ0) is 15.2. The fourth-order valence-corrected chi connectivity index (χ4v) is 3.12. The van der Waals surface area contributed by atoms with Crippen LogP contribution in [0, 0.1) is 0 Å². The van der Waals surface area contributed by atoms with Crippen LogP contribution in [0.2, 0.25) is 0 Å². The van der Waals surface area contributed by atoms with Crippen LogP contribution in [0.15, 0.2) is 24.3 Å². The minimum Gasteiger partial charge on any atom is -0.497 e. The highest BCUT2D eigenvalue weighted by Gasteiger charge is 2.28. The van der Waals surface area contributed by atoms with E-state index in [-0.39, 0.29) is 0 Å². The molecule has 1 saturated heterocycles. The summed E-state index contributed by atoms with van der Waals surface area (Å²) in [6, 6.07) is 9.55. The van der Waals surface area contributed by atoms with E-state index >= 15 is 0 Å². The van der Waals surface area contributed by atoms with Crippen molar-refractivity contribution in [1.82, 2.24) is 15.1 Å². The fourth-order valence-electron chi connectivity index (χ4n) is 3.12. The van der Waals surface area contributed by atoms with Crippen molar-refractivity contribution in [2.24, 2.45) is 0 Å². The molecule has 0 saturated carbocycles. The third-order valence-corrected chi connectivity index (χ3v) is 4.64. The molecule has 2 atom stereocenters. The minimum absolute atomic E-state index is 0.528. The molecule has 2 rings (SSSR count). The van der Waals surface area contributed by atoms with Crippen LogP contribution in [0.4, 0.5) is 0 Å². The largest absolute Gasteiger partial charge is 0.497 e. The lowest BCUT2D eigenvalue weighted by atomic mass is 9.97. The number of nitrogens with one attached hydrogen (secondary N) is 1. The predicted octanol–water partition coefficient (Wildman–Crippen LogP) is 1.46. The molecule has 0 spiro atoms. The maximum atomic E-state index is 5.21. The van der Waals surface area contributed by atoms with Crippen molar-refractivity contribution in [3.63, 3.8) is 0 Å². The van der Waals surface area contributed by atoms with Gasteiger partial charge < -0.3 is 15.0 Å². The van der Waals surface area contributed by atoms with Gasteiger partial charge in [0.2, 0.25) is 0 Å². The number of methoxy groups -OCH3 is 1. The number of hydrogen-bond donors (Lipinski definition) is 1. The number of likely N-dealkylation sites (N-methyl/N-ethyl adjacent to an activating group) is 3. The quantitative estimate of drug-likeness (QED) is 0.859. The lowest BCUT2D eigenvalue weighted by molar-refractivity contribution is 0.0875. The Morgan fingerprint density at radius 3 is 2.57 bits per heavy atom. The smallest absolute Gasteiger partial charge is 0.118 e. The molecule has 4 nitrogen and oxygen atoms in total. The maximum absolute atomic E-state index is 5.21. The molecule has 1 N–H and O–H groups in total. The first kappa shape index (κ1) is 16.3. The Morgan fingerprint density at radius 2 is 1.95 bits per heavy atom. The molecular weight excluding hydrogens is 262 g/mol. The Hall–Kier alpha value is -1.10. The van der Waals surface area contributed by atoms with Gasteiger partial charge in [-0.1, -0.05) is 12.1 Å². The van der Waals surface area contributed by atoms with Crippen molar-refractivity contribution in [3.05, 3.63) is 29.8 Å². The number of rotatable bonds is 6. The molecule has 118 valence electrons. The topological polar surface area (TPSA) is 27.7 Å². The van der Waals surface area contributed by atoms with Crippen molar-refractivity contribution in [2.75, 3.05) is 47.9 Å². The molecule has 0 bridgehead atoms. The first-order chi connectivity index (χ1) is 10.1. The molecule has 1 aromatic carbocycles. The van der Waals surface area contributed by atoms with E-state index in [9.17, 15) is 0 Å². The standard InChI is InChI=1S/C17H29N3O/c1-18-16(17-13-19(2)11-12-20(17)3)10-7-14-5-8-15(21-4)9-6-14/h5-6,8-9,16-18H,7,10-13H2,1-4H3. The molecule has 0 radical (unpaired) electrons. The SMILES string of the molecule is CNC(CCc1ccc(OC)cc1)C1CN(C)CCN1C. The molecule has 1 aliphatic heterocycles. The summed E-state index contributed by atoms with van der Waals surface area (Å²) >= 11 is 0. The van der Waals surface area contributed by atoms with Crippen LogP contribution in [0.25, 0.3) is 0 Å². The third kappa shape index (κ3) is 4.43. The molecule has 0 aliphatic carbocycles. The summed E-state index contributed by atoms with van der Waals surface area (Å²) in [5.74, 6) is 0.928. The summed E-state index contributed by atoms with van der Waals surface area (Å²) < 4.78 is 5.21. The van der Waals surface area contributed by atoms with Crippen LogP contribution in [-0.2, 0) is 6.42 Å². The summed E-state index contributed by atoms with van der Waals surface area (Å²) in [5.41, 5.74) is 1.38. The Balaban J connectivity index is 1.91. The van der Waals surface area contributed by atoms with E-state index in [2.05, 4.69) is 48.4 Å². The zero-order valence-electron chi connectivity index (χ0n) is 13.8. The Morgan fingerprint density at radius 1 is 1.24 bits per heavy atom. The van der Waals surface area contributed by atoms with E-state index in [0.29, 0.717) is 12.1 Å². The second-order valence-corrected chi connectivity index (χ2v) is 6.09. The lowest BCUT2D eigenvalue weighted by Crippen LogP contribution is -2.58. The average molecular weight is 291 g/mol. The van der Waals surface area contributed by atoms with E-state index in [1.165, 1.54) is 12.1 Å². The highest BCUT2D eigenvalue weighted by atomic mass is 16.5. The Bertz CT molecular complexity index is 421. The van der Waals surface area contributed by atoms with Crippen LogP contribution in [0.5, 0.6) is 5.75 Å². The van der Waals surface area contributed by atoms with Crippen molar-refractivity contribution < 1.29 is 4.74 Å². The predicted molar refractivity (Wildman–Crippen MR) is 88.1 cm³/mol. The van der Waals surface area contributed by atoms with Crippen LogP contribution < -0.4 is 10.1 Å². The summed E-state index contributed by atoms with van der Waals surface area (Å²) in [4.78, 5) is 4.93. The second kappa shape index (κ2) is 7.78. The van der Waals surface area contributed by atoms with E-state index in [4.69, 9.17) is 4.74 Å². The molecular formula is C17H29N3O. The van der Waals surface area contributed by atoms with Gasteiger partial charge in [0.25, 0.3) is 0 Å². The van der Waals surface area contributed by atoms with Crippen LogP contribution in [0.3, 0.4) is 0 Å². The van der Waals surface area contributed by atoms with Crippen molar-refractivity contribution in [2.45, 2.75) is 24.9 Å².